The van der Waals surface area contributed by atoms with Gasteiger partial charge in [0.25, 0.3) is 0 Å². The Bertz CT molecular complexity index is 259. The number of carbonyl (C=O) groups is 2. The number of nitrogens with zero attached hydrogens (tertiary/aromatic N) is 1. The average molecular weight is 227 g/mol. The molecule has 1 N–H and O–H groups in total. The molecule has 0 spiro atoms. The van der Waals surface area contributed by atoms with Crippen molar-refractivity contribution in [2.75, 3.05) is 13.1 Å². The molecule has 0 saturated heterocycles. The summed E-state index contributed by atoms with van der Waals surface area (Å²) in [5.74, 6) is -1.03. The molecule has 1 saturated carbocycles. The van der Waals surface area contributed by atoms with Crippen molar-refractivity contribution >= 4 is 11.9 Å². The third-order valence-corrected chi connectivity index (χ3v) is 3.31. The van der Waals surface area contributed by atoms with Crippen LogP contribution in [0, 0.1) is 11.8 Å². The Morgan fingerprint density at radius 3 is 2.38 bits per heavy atom. The van der Waals surface area contributed by atoms with Gasteiger partial charge in [0.05, 0.1) is 5.92 Å². The molecule has 1 unspecified atom stereocenters. The lowest BCUT2D eigenvalue weighted by Gasteiger charge is -2.25. The third kappa shape index (κ3) is 3.22. The fourth-order valence-electron chi connectivity index (χ4n) is 2.21. The molecule has 4 heteroatoms. The number of aliphatic carboxylic acids is 1. The number of hydrogen-bond acceptors (Lipinski definition) is 2. The molecule has 1 amide bonds. The third-order valence-electron chi connectivity index (χ3n) is 3.31. The molecule has 0 aromatic carbocycles. The van der Waals surface area contributed by atoms with E-state index in [0.29, 0.717) is 13.1 Å². The first kappa shape index (κ1) is 13.0. The first-order chi connectivity index (χ1) is 7.56. The molecule has 1 fully saturated rings. The molecule has 16 heavy (non-hydrogen) atoms. The lowest BCUT2D eigenvalue weighted by atomic mass is 10.1. The summed E-state index contributed by atoms with van der Waals surface area (Å²) in [5, 5.41) is 8.84. The molecule has 0 aromatic heterocycles. The fraction of sp³-hybridized carbons (Fsp3) is 0.833. The molecule has 0 aromatic rings. The summed E-state index contributed by atoms with van der Waals surface area (Å²) in [6.45, 7) is 4.49. The van der Waals surface area contributed by atoms with E-state index in [1.807, 2.05) is 6.92 Å². The van der Waals surface area contributed by atoms with Gasteiger partial charge in [-0.25, -0.2) is 0 Å². The van der Waals surface area contributed by atoms with Crippen molar-refractivity contribution in [2.24, 2.45) is 11.8 Å². The zero-order valence-corrected chi connectivity index (χ0v) is 10.1. The van der Waals surface area contributed by atoms with E-state index in [0.717, 1.165) is 25.7 Å². The second-order valence-electron chi connectivity index (χ2n) is 4.60. The van der Waals surface area contributed by atoms with Crippen molar-refractivity contribution in [3.63, 3.8) is 0 Å². The molecule has 0 aliphatic heterocycles. The van der Waals surface area contributed by atoms with Gasteiger partial charge in [0.2, 0.25) is 5.91 Å². The Kier molecular flexibility index (Phi) is 4.77. The predicted molar refractivity (Wildman–Crippen MR) is 61.0 cm³/mol. The Labute approximate surface area is 96.6 Å². The largest absolute Gasteiger partial charge is 0.481 e. The molecular weight excluding hydrogens is 206 g/mol. The maximum Gasteiger partial charge on any atom is 0.308 e. The highest BCUT2D eigenvalue weighted by atomic mass is 16.4. The van der Waals surface area contributed by atoms with Crippen LogP contribution in [-0.2, 0) is 9.59 Å². The number of carbonyl (C=O) groups excluding carboxylic acids is 1. The van der Waals surface area contributed by atoms with Crippen LogP contribution in [0.5, 0.6) is 0 Å². The predicted octanol–water partition coefficient (Wildman–Crippen LogP) is 1.75. The minimum Gasteiger partial charge on any atom is -0.481 e. The Morgan fingerprint density at radius 2 is 1.94 bits per heavy atom. The molecule has 0 heterocycles. The molecule has 1 atom stereocenters. The van der Waals surface area contributed by atoms with E-state index in [4.69, 9.17) is 5.11 Å². The lowest BCUT2D eigenvalue weighted by molar-refractivity contribution is -0.143. The van der Waals surface area contributed by atoms with Crippen LogP contribution < -0.4 is 0 Å². The van der Waals surface area contributed by atoms with Crippen LogP contribution in [0.25, 0.3) is 0 Å². The maximum atomic E-state index is 12.1. The summed E-state index contributed by atoms with van der Waals surface area (Å²) in [6, 6.07) is 0. The van der Waals surface area contributed by atoms with Crippen LogP contribution in [0.4, 0.5) is 0 Å². The second-order valence-corrected chi connectivity index (χ2v) is 4.60. The van der Waals surface area contributed by atoms with Gasteiger partial charge in [-0.15, -0.1) is 0 Å². The lowest BCUT2D eigenvalue weighted by Crippen LogP contribution is -2.39. The number of hydrogen-bond donors (Lipinski definition) is 1. The molecule has 1 rings (SSSR count). The molecule has 1 aliphatic carbocycles. The van der Waals surface area contributed by atoms with Gasteiger partial charge in [-0.1, -0.05) is 19.8 Å². The molecule has 1 aliphatic rings. The highest BCUT2D eigenvalue weighted by Crippen LogP contribution is 2.26. The van der Waals surface area contributed by atoms with Crippen molar-refractivity contribution < 1.29 is 14.7 Å². The van der Waals surface area contributed by atoms with Gasteiger partial charge in [0.15, 0.2) is 0 Å². The molecule has 92 valence electrons. The maximum absolute atomic E-state index is 12.1. The van der Waals surface area contributed by atoms with E-state index in [9.17, 15) is 9.59 Å². The van der Waals surface area contributed by atoms with E-state index in [1.165, 1.54) is 0 Å². The van der Waals surface area contributed by atoms with E-state index in [-0.39, 0.29) is 11.8 Å². The number of carboxylic acid groups (broad SMARTS) is 1. The smallest absolute Gasteiger partial charge is 0.308 e. The van der Waals surface area contributed by atoms with Crippen LogP contribution in [0.3, 0.4) is 0 Å². The van der Waals surface area contributed by atoms with Crippen molar-refractivity contribution in [3.8, 4) is 0 Å². The summed E-state index contributed by atoms with van der Waals surface area (Å²) < 4.78 is 0. The summed E-state index contributed by atoms with van der Waals surface area (Å²) in [4.78, 5) is 24.5. The number of rotatable bonds is 5. The SMILES string of the molecule is CCN(CC(C)C(=O)O)C(=O)C1CCCC1. The van der Waals surface area contributed by atoms with E-state index >= 15 is 0 Å². The van der Waals surface area contributed by atoms with Crippen LogP contribution in [0.15, 0.2) is 0 Å². The van der Waals surface area contributed by atoms with E-state index < -0.39 is 11.9 Å². The Hall–Kier alpha value is -1.06. The normalized spacial score (nSPS) is 18.4. The summed E-state index contributed by atoms with van der Waals surface area (Å²) >= 11 is 0. The summed E-state index contributed by atoms with van der Waals surface area (Å²) in [5.41, 5.74) is 0. The Morgan fingerprint density at radius 1 is 1.38 bits per heavy atom. The standard InChI is InChI=1S/C12H21NO3/c1-3-13(8-9(2)12(15)16)11(14)10-6-4-5-7-10/h9-10H,3-8H2,1-2H3,(H,15,16). The van der Waals surface area contributed by atoms with Gasteiger partial charge in [0.1, 0.15) is 0 Å². The molecule has 0 radical (unpaired) electrons. The minimum atomic E-state index is -0.835. The zero-order chi connectivity index (χ0) is 12.1. The van der Waals surface area contributed by atoms with Gasteiger partial charge in [-0.05, 0) is 19.8 Å². The van der Waals surface area contributed by atoms with Crippen LogP contribution in [0.2, 0.25) is 0 Å². The van der Waals surface area contributed by atoms with Crippen molar-refractivity contribution in [3.05, 3.63) is 0 Å². The van der Waals surface area contributed by atoms with Crippen molar-refractivity contribution in [1.82, 2.24) is 4.90 Å². The first-order valence-electron chi connectivity index (χ1n) is 6.07. The summed E-state index contributed by atoms with van der Waals surface area (Å²) in [6.07, 6.45) is 4.19. The molecule has 4 nitrogen and oxygen atoms in total. The van der Waals surface area contributed by atoms with Gasteiger partial charge >= 0.3 is 5.97 Å². The van der Waals surface area contributed by atoms with Crippen LogP contribution in [-0.4, -0.2) is 35.0 Å². The zero-order valence-electron chi connectivity index (χ0n) is 10.1. The van der Waals surface area contributed by atoms with E-state index in [2.05, 4.69) is 0 Å². The quantitative estimate of drug-likeness (QED) is 0.778. The summed E-state index contributed by atoms with van der Waals surface area (Å²) in [7, 11) is 0. The van der Waals surface area contributed by atoms with Crippen molar-refractivity contribution in [1.29, 1.82) is 0 Å². The Balaban J connectivity index is 2.52. The molecule has 0 bridgehead atoms. The highest BCUT2D eigenvalue weighted by molar-refractivity contribution is 5.80. The van der Waals surface area contributed by atoms with Gasteiger partial charge in [-0.2, -0.15) is 0 Å². The number of carboxylic acids is 1. The van der Waals surface area contributed by atoms with E-state index in [1.54, 1.807) is 11.8 Å². The van der Waals surface area contributed by atoms with Gasteiger partial charge in [-0.3, -0.25) is 9.59 Å². The van der Waals surface area contributed by atoms with Gasteiger partial charge in [0, 0.05) is 19.0 Å². The van der Waals surface area contributed by atoms with Gasteiger partial charge < -0.3 is 10.0 Å². The highest BCUT2D eigenvalue weighted by Gasteiger charge is 2.28. The first-order valence-corrected chi connectivity index (χ1v) is 6.07. The van der Waals surface area contributed by atoms with Crippen LogP contribution >= 0.6 is 0 Å². The van der Waals surface area contributed by atoms with Crippen LogP contribution in [0.1, 0.15) is 39.5 Å². The topological polar surface area (TPSA) is 57.6 Å². The molecular formula is C12H21NO3. The second kappa shape index (κ2) is 5.87. The monoisotopic (exact) mass is 227 g/mol. The van der Waals surface area contributed by atoms with Crippen molar-refractivity contribution in [2.45, 2.75) is 39.5 Å². The minimum absolute atomic E-state index is 0.140. The number of amides is 1. The fourth-order valence-corrected chi connectivity index (χ4v) is 2.21. The average Bonchev–Trinajstić information content (AvgIpc) is 2.77.